The summed E-state index contributed by atoms with van der Waals surface area (Å²) in [6.45, 7) is 3.48. The molecule has 1 nitrogen and oxygen atoms in total. The van der Waals surface area contributed by atoms with Gasteiger partial charge in [0.1, 0.15) is 5.82 Å². The van der Waals surface area contributed by atoms with Gasteiger partial charge in [-0.3, -0.25) is 4.98 Å². The Bertz CT molecular complexity index is 203. The minimum Gasteiger partial charge on any atom is -0.254 e. The predicted octanol–water partition coefficient (Wildman–Crippen LogP) is 1.86. The van der Waals surface area contributed by atoms with E-state index in [0.717, 1.165) is 6.20 Å². The van der Waals surface area contributed by atoms with E-state index in [2.05, 4.69) is 11.6 Å². The largest absolute Gasteiger partial charge is 0.254 e. The molecule has 46 valence electrons. The maximum Gasteiger partial charge on any atom is 0.141 e. The molecule has 0 amide bonds. The highest BCUT2D eigenvalue weighted by Crippen LogP contribution is 1.97. The molecule has 0 saturated carbocycles. The first kappa shape index (κ1) is 5.95. The molecule has 0 aliphatic carbocycles. The van der Waals surface area contributed by atoms with Gasteiger partial charge in [0, 0.05) is 0 Å². The van der Waals surface area contributed by atoms with E-state index < -0.39 is 0 Å². The van der Waals surface area contributed by atoms with Gasteiger partial charge in [-0.25, -0.2) is 4.39 Å². The molecule has 1 heterocycles. The van der Waals surface area contributed by atoms with Crippen molar-refractivity contribution in [3.05, 3.63) is 36.4 Å². The van der Waals surface area contributed by atoms with E-state index >= 15 is 0 Å². The monoisotopic (exact) mass is 123 g/mol. The fourth-order valence-corrected chi connectivity index (χ4v) is 0.508. The van der Waals surface area contributed by atoms with Gasteiger partial charge in [0.25, 0.3) is 0 Å². The Balaban J connectivity index is 3.01. The fraction of sp³-hybridized carbons (Fsp3) is 0. The van der Waals surface area contributed by atoms with Crippen molar-refractivity contribution in [2.24, 2.45) is 0 Å². The lowest BCUT2D eigenvalue weighted by molar-refractivity contribution is 0.621. The van der Waals surface area contributed by atoms with E-state index in [1.165, 1.54) is 6.07 Å². The summed E-state index contributed by atoms with van der Waals surface area (Å²) in [6.07, 6.45) is 2.73. The van der Waals surface area contributed by atoms with E-state index in [9.17, 15) is 4.39 Å². The van der Waals surface area contributed by atoms with Gasteiger partial charge in [0.2, 0.25) is 0 Å². The molecule has 1 aromatic rings. The second kappa shape index (κ2) is 2.40. The molecule has 0 aliphatic heterocycles. The Hall–Kier alpha value is -1.18. The number of pyridine rings is 1. The van der Waals surface area contributed by atoms with Gasteiger partial charge < -0.3 is 0 Å². The normalized spacial score (nSPS) is 9.00. The zero-order valence-corrected chi connectivity index (χ0v) is 4.84. The molecule has 0 bridgehead atoms. The highest BCUT2D eigenvalue weighted by Gasteiger charge is 1.86. The van der Waals surface area contributed by atoms with Crippen molar-refractivity contribution in [1.29, 1.82) is 0 Å². The molecule has 0 atom stereocenters. The first-order chi connectivity index (χ1) is 4.33. The van der Waals surface area contributed by atoms with Crippen molar-refractivity contribution in [1.82, 2.24) is 4.98 Å². The molecule has 0 aromatic carbocycles. The third-order valence-electron chi connectivity index (χ3n) is 0.959. The maximum absolute atomic E-state index is 12.1. The van der Waals surface area contributed by atoms with Gasteiger partial charge in [-0.2, -0.15) is 0 Å². The van der Waals surface area contributed by atoms with Crippen LogP contribution in [-0.2, 0) is 0 Å². The molecular weight excluding hydrogens is 117 g/mol. The maximum atomic E-state index is 12.1. The average Bonchev–Trinajstić information content (AvgIpc) is 1.90. The summed E-state index contributed by atoms with van der Waals surface area (Å²) in [5.41, 5.74) is 0.691. The molecule has 0 unspecified atom stereocenters. The molecule has 2 heteroatoms. The van der Waals surface area contributed by atoms with Gasteiger partial charge in [0.05, 0.1) is 11.9 Å². The van der Waals surface area contributed by atoms with Gasteiger partial charge in [0.15, 0.2) is 0 Å². The second-order valence-electron chi connectivity index (χ2n) is 1.61. The van der Waals surface area contributed by atoms with Gasteiger partial charge in [-0.1, -0.05) is 6.58 Å². The summed E-state index contributed by atoms with van der Waals surface area (Å²) in [6, 6.07) is 2.92. The van der Waals surface area contributed by atoms with Crippen molar-refractivity contribution in [2.75, 3.05) is 0 Å². The Morgan fingerprint density at radius 3 is 2.78 bits per heavy atom. The van der Waals surface area contributed by atoms with E-state index in [1.807, 2.05) is 0 Å². The molecule has 0 fully saturated rings. The lowest BCUT2D eigenvalue weighted by Crippen LogP contribution is -1.79. The Morgan fingerprint density at radius 1 is 1.56 bits per heavy atom. The van der Waals surface area contributed by atoms with Crippen LogP contribution in [0.25, 0.3) is 6.08 Å². The van der Waals surface area contributed by atoms with Crippen molar-refractivity contribution in [2.45, 2.75) is 0 Å². The third kappa shape index (κ3) is 1.35. The summed E-state index contributed by atoms with van der Waals surface area (Å²) in [5.74, 6) is -0.319. The van der Waals surface area contributed by atoms with Crippen LogP contribution in [0.15, 0.2) is 24.9 Å². The van der Waals surface area contributed by atoms with Crippen molar-refractivity contribution < 1.29 is 4.39 Å². The van der Waals surface area contributed by atoms with Crippen LogP contribution in [0.4, 0.5) is 4.39 Å². The molecule has 1 rings (SSSR count). The van der Waals surface area contributed by atoms with Crippen molar-refractivity contribution in [3.8, 4) is 0 Å². The van der Waals surface area contributed by atoms with Crippen molar-refractivity contribution >= 4 is 6.08 Å². The van der Waals surface area contributed by atoms with Crippen LogP contribution in [-0.4, -0.2) is 4.98 Å². The first-order valence-corrected chi connectivity index (χ1v) is 2.57. The van der Waals surface area contributed by atoms with Crippen LogP contribution >= 0.6 is 0 Å². The van der Waals surface area contributed by atoms with Gasteiger partial charge in [-0.05, 0) is 18.2 Å². The number of halogens is 1. The third-order valence-corrected chi connectivity index (χ3v) is 0.959. The number of aromatic nitrogens is 1. The summed E-state index contributed by atoms with van der Waals surface area (Å²) in [7, 11) is 0. The summed E-state index contributed by atoms with van der Waals surface area (Å²) in [4.78, 5) is 3.70. The minimum atomic E-state index is -0.319. The van der Waals surface area contributed by atoms with Gasteiger partial charge in [-0.15, -0.1) is 0 Å². The molecule has 0 N–H and O–H groups in total. The molecule has 0 radical (unpaired) electrons. The average molecular weight is 123 g/mol. The molecule has 0 saturated heterocycles. The predicted molar refractivity (Wildman–Crippen MR) is 34.3 cm³/mol. The zero-order valence-electron chi connectivity index (χ0n) is 4.84. The molecule has 0 spiro atoms. The number of nitrogens with zero attached hydrogens (tertiary/aromatic N) is 1. The number of hydrogen-bond donors (Lipinski definition) is 0. The van der Waals surface area contributed by atoms with Gasteiger partial charge >= 0.3 is 0 Å². The Kier molecular flexibility index (Phi) is 1.58. The highest BCUT2D eigenvalue weighted by atomic mass is 19.1. The SMILES string of the molecule is C=Cc1ccc(F)cn1. The molecule has 1 aromatic heterocycles. The lowest BCUT2D eigenvalue weighted by Gasteiger charge is -1.88. The lowest BCUT2D eigenvalue weighted by atomic mass is 10.3. The quantitative estimate of drug-likeness (QED) is 0.555. The van der Waals surface area contributed by atoms with Crippen LogP contribution in [0.3, 0.4) is 0 Å². The van der Waals surface area contributed by atoms with Crippen molar-refractivity contribution in [3.63, 3.8) is 0 Å². The summed E-state index contributed by atoms with van der Waals surface area (Å²) in [5, 5.41) is 0. The standard InChI is InChI=1S/C7H6FN/c1-2-7-4-3-6(8)5-9-7/h2-5H,1H2. The topological polar surface area (TPSA) is 12.9 Å². The van der Waals surface area contributed by atoms with Crippen LogP contribution in [0.1, 0.15) is 5.69 Å². The number of rotatable bonds is 1. The van der Waals surface area contributed by atoms with Crippen LogP contribution < -0.4 is 0 Å². The van der Waals surface area contributed by atoms with Crippen LogP contribution in [0, 0.1) is 5.82 Å². The fourth-order valence-electron chi connectivity index (χ4n) is 0.508. The summed E-state index contributed by atoms with van der Waals surface area (Å²) >= 11 is 0. The van der Waals surface area contributed by atoms with Crippen LogP contribution in [0.5, 0.6) is 0 Å². The van der Waals surface area contributed by atoms with E-state index in [-0.39, 0.29) is 5.82 Å². The highest BCUT2D eigenvalue weighted by molar-refractivity contribution is 5.40. The first-order valence-electron chi connectivity index (χ1n) is 2.57. The summed E-state index contributed by atoms with van der Waals surface area (Å²) < 4.78 is 12.1. The molecule has 9 heavy (non-hydrogen) atoms. The van der Waals surface area contributed by atoms with Crippen LogP contribution in [0.2, 0.25) is 0 Å². The molecule has 0 aliphatic rings. The minimum absolute atomic E-state index is 0.319. The second-order valence-corrected chi connectivity index (χ2v) is 1.61. The number of hydrogen-bond acceptors (Lipinski definition) is 1. The smallest absolute Gasteiger partial charge is 0.141 e. The van der Waals surface area contributed by atoms with E-state index in [0.29, 0.717) is 5.69 Å². The molecular formula is C7H6FN. The Morgan fingerprint density at radius 2 is 2.33 bits per heavy atom. The van der Waals surface area contributed by atoms with E-state index in [4.69, 9.17) is 0 Å². The zero-order chi connectivity index (χ0) is 6.69. The Labute approximate surface area is 52.9 Å². The van der Waals surface area contributed by atoms with E-state index in [1.54, 1.807) is 12.1 Å².